The summed E-state index contributed by atoms with van der Waals surface area (Å²) in [7, 11) is 2.17. The molecule has 0 bridgehead atoms. The number of aromatic nitrogens is 1. The number of halogens is 1. The van der Waals surface area contributed by atoms with E-state index in [1.807, 2.05) is 75.5 Å². The maximum Gasteiger partial charge on any atom is 0.139 e. The molecule has 4 heteroatoms. The van der Waals surface area contributed by atoms with Crippen LogP contribution in [0.15, 0.2) is 72.9 Å². The van der Waals surface area contributed by atoms with Crippen molar-refractivity contribution in [1.29, 1.82) is 0 Å². The van der Waals surface area contributed by atoms with E-state index in [1.54, 1.807) is 6.92 Å². The van der Waals surface area contributed by atoms with Gasteiger partial charge in [-0.25, -0.2) is 0 Å². The zero-order valence-electron chi connectivity index (χ0n) is 24.6. The highest BCUT2D eigenvalue weighted by Crippen LogP contribution is 2.25. The van der Waals surface area contributed by atoms with Crippen LogP contribution >= 0.6 is 11.6 Å². The van der Waals surface area contributed by atoms with Crippen molar-refractivity contribution in [3.05, 3.63) is 100 Å². The van der Waals surface area contributed by atoms with Crippen LogP contribution in [0.1, 0.15) is 76.8 Å². The first-order valence-electron chi connectivity index (χ1n) is 13.4. The molecule has 0 fully saturated rings. The van der Waals surface area contributed by atoms with Gasteiger partial charge in [-0.05, 0) is 103 Å². The van der Waals surface area contributed by atoms with E-state index in [1.165, 1.54) is 37.1 Å². The van der Waals surface area contributed by atoms with Gasteiger partial charge in [0.15, 0.2) is 0 Å². The summed E-state index contributed by atoms with van der Waals surface area (Å²) in [5.74, 6) is 0.162. The van der Waals surface area contributed by atoms with Crippen molar-refractivity contribution in [2.75, 3.05) is 20.1 Å². The number of benzene rings is 2. The van der Waals surface area contributed by atoms with Crippen molar-refractivity contribution < 1.29 is 4.79 Å². The van der Waals surface area contributed by atoms with Gasteiger partial charge in [0.2, 0.25) is 0 Å². The number of Topliss-reactive ketones (excluding diaryl/α,β-unsaturated/α-hetero) is 1. The topological polar surface area (TPSA) is 33.2 Å². The molecule has 0 unspecified atom stereocenters. The fourth-order valence-corrected chi connectivity index (χ4v) is 3.31. The fourth-order valence-electron chi connectivity index (χ4n) is 3.19. The summed E-state index contributed by atoms with van der Waals surface area (Å²) in [6.07, 6.45) is 5.55. The Hall–Kier alpha value is -2.49. The van der Waals surface area contributed by atoms with Crippen LogP contribution in [0.4, 0.5) is 0 Å². The molecule has 0 spiro atoms. The molecule has 1 aromatic heterocycles. The average molecular weight is 525 g/mol. The first kappa shape index (κ1) is 34.5. The number of ketones is 1. The minimum atomic E-state index is -0.412. The van der Waals surface area contributed by atoms with E-state index in [4.69, 9.17) is 11.6 Å². The number of pyridine rings is 1. The molecule has 0 atom stereocenters. The lowest BCUT2D eigenvalue weighted by Gasteiger charge is -2.21. The molecule has 0 amide bonds. The number of rotatable bonds is 7. The van der Waals surface area contributed by atoms with Crippen LogP contribution in [0.2, 0.25) is 5.02 Å². The van der Waals surface area contributed by atoms with Crippen molar-refractivity contribution in [2.45, 2.75) is 80.1 Å². The summed E-state index contributed by atoms with van der Waals surface area (Å²) in [6, 6.07) is 21.8. The van der Waals surface area contributed by atoms with Crippen LogP contribution in [0.3, 0.4) is 0 Å². The van der Waals surface area contributed by atoms with Crippen molar-refractivity contribution in [2.24, 2.45) is 0 Å². The van der Waals surface area contributed by atoms with Gasteiger partial charge in [-0.2, -0.15) is 0 Å². The molecular weight excluding hydrogens is 476 g/mol. The second-order valence-electron chi connectivity index (χ2n) is 9.81. The normalized spacial score (nSPS) is 10.2. The maximum atomic E-state index is 11.3. The van der Waals surface area contributed by atoms with E-state index in [-0.39, 0.29) is 5.78 Å². The number of hydrogen-bond acceptors (Lipinski definition) is 3. The highest BCUT2D eigenvalue weighted by Gasteiger charge is 2.25. The van der Waals surface area contributed by atoms with Crippen LogP contribution < -0.4 is 0 Å². The minimum absolute atomic E-state index is 0.162. The third-order valence-corrected chi connectivity index (χ3v) is 6.23. The molecule has 0 radical (unpaired) electrons. The maximum absolute atomic E-state index is 11.3. The molecule has 204 valence electrons. The minimum Gasteiger partial charge on any atom is -0.306 e. The van der Waals surface area contributed by atoms with Gasteiger partial charge in [0.05, 0.1) is 0 Å². The highest BCUT2D eigenvalue weighted by atomic mass is 35.5. The van der Waals surface area contributed by atoms with Gasteiger partial charge in [0, 0.05) is 22.3 Å². The summed E-state index contributed by atoms with van der Waals surface area (Å²) < 4.78 is 0. The SMILES string of the molecule is CC(=O)C(C)(C)c1ccc(Cl)cc1.CCCN(C)CCC.CCc1ccc(C)nc1.Cc1ccccc1. The van der Waals surface area contributed by atoms with Gasteiger partial charge >= 0.3 is 0 Å². The van der Waals surface area contributed by atoms with Gasteiger partial charge in [0.25, 0.3) is 0 Å². The van der Waals surface area contributed by atoms with Crippen molar-refractivity contribution in [3.8, 4) is 0 Å². The molecule has 0 aliphatic rings. The van der Waals surface area contributed by atoms with E-state index >= 15 is 0 Å². The Morgan fingerprint density at radius 1 is 0.865 bits per heavy atom. The zero-order valence-corrected chi connectivity index (χ0v) is 25.4. The molecule has 0 N–H and O–H groups in total. The van der Waals surface area contributed by atoms with Crippen LogP contribution in [-0.4, -0.2) is 35.8 Å². The Labute approximate surface area is 232 Å². The molecule has 2 aromatic carbocycles. The van der Waals surface area contributed by atoms with E-state index in [9.17, 15) is 4.79 Å². The Morgan fingerprint density at radius 3 is 1.76 bits per heavy atom. The lowest BCUT2D eigenvalue weighted by molar-refractivity contribution is -0.121. The van der Waals surface area contributed by atoms with Crippen LogP contribution in [0.25, 0.3) is 0 Å². The van der Waals surface area contributed by atoms with Crippen molar-refractivity contribution in [1.82, 2.24) is 9.88 Å². The van der Waals surface area contributed by atoms with Crippen molar-refractivity contribution >= 4 is 17.4 Å². The molecule has 3 nitrogen and oxygen atoms in total. The number of aryl methyl sites for hydroxylation is 3. The molecule has 0 aliphatic heterocycles. The Bertz CT molecular complexity index is 961. The average Bonchev–Trinajstić information content (AvgIpc) is 2.87. The standard InChI is InChI=1S/C11H13ClO.C8H11N.C7H17N.C7H8/c1-8(13)11(2,3)9-4-6-10(12)7-5-9;1-3-8-5-4-7(2)9-6-8;1-4-6-8(3)7-5-2;1-7-5-3-2-4-6-7/h4-7H,1-3H3;4-6H,3H2,1-2H3;4-7H2,1-3H3;2-6H,1H3. The van der Waals surface area contributed by atoms with E-state index in [0.29, 0.717) is 5.02 Å². The molecule has 3 rings (SSSR count). The smallest absolute Gasteiger partial charge is 0.139 e. The molecule has 0 saturated carbocycles. The number of hydrogen-bond donors (Lipinski definition) is 0. The monoisotopic (exact) mass is 524 g/mol. The van der Waals surface area contributed by atoms with Gasteiger partial charge in [-0.1, -0.05) is 86.5 Å². The number of carbonyl (C=O) groups is 1. The first-order valence-corrected chi connectivity index (χ1v) is 13.7. The number of nitrogens with zero attached hydrogens (tertiary/aromatic N) is 2. The summed E-state index contributed by atoms with van der Waals surface area (Å²) in [5.41, 5.74) is 4.31. The summed E-state index contributed by atoms with van der Waals surface area (Å²) >= 11 is 5.76. The summed E-state index contributed by atoms with van der Waals surface area (Å²) in [6.45, 7) is 18.6. The Morgan fingerprint density at radius 2 is 1.41 bits per heavy atom. The molecule has 0 saturated heterocycles. The lowest BCUT2D eigenvalue weighted by atomic mass is 9.81. The quantitative estimate of drug-likeness (QED) is 0.309. The summed E-state index contributed by atoms with van der Waals surface area (Å²) in [4.78, 5) is 17.8. The van der Waals surface area contributed by atoms with Gasteiger partial charge in [0.1, 0.15) is 5.78 Å². The molecule has 3 aromatic rings. The van der Waals surface area contributed by atoms with Crippen LogP contribution in [0, 0.1) is 13.8 Å². The fraction of sp³-hybridized carbons (Fsp3) is 0.455. The second-order valence-corrected chi connectivity index (χ2v) is 10.2. The second kappa shape index (κ2) is 19.6. The van der Waals surface area contributed by atoms with E-state index in [0.717, 1.165) is 17.7 Å². The largest absolute Gasteiger partial charge is 0.306 e. The van der Waals surface area contributed by atoms with E-state index in [2.05, 4.69) is 62.8 Å². The zero-order chi connectivity index (χ0) is 28.3. The van der Waals surface area contributed by atoms with Crippen molar-refractivity contribution in [3.63, 3.8) is 0 Å². The predicted octanol–water partition coefficient (Wildman–Crippen LogP) is 8.89. The van der Waals surface area contributed by atoms with E-state index < -0.39 is 5.41 Å². The molecule has 0 aliphatic carbocycles. The van der Waals surface area contributed by atoms with Gasteiger partial charge in [-0.15, -0.1) is 0 Å². The Kier molecular flexibility index (Phi) is 18.3. The Balaban J connectivity index is 0.000000482. The highest BCUT2D eigenvalue weighted by molar-refractivity contribution is 6.30. The molecular formula is C33H49ClN2O. The van der Waals surface area contributed by atoms with Crippen LogP contribution in [0.5, 0.6) is 0 Å². The van der Waals surface area contributed by atoms with Gasteiger partial charge in [-0.3, -0.25) is 9.78 Å². The third kappa shape index (κ3) is 16.1. The molecule has 37 heavy (non-hydrogen) atoms. The van der Waals surface area contributed by atoms with Gasteiger partial charge < -0.3 is 4.90 Å². The van der Waals surface area contributed by atoms with Crippen LogP contribution in [-0.2, 0) is 16.6 Å². The molecule has 1 heterocycles. The number of carbonyl (C=O) groups excluding carboxylic acids is 1. The third-order valence-electron chi connectivity index (χ3n) is 5.98. The predicted molar refractivity (Wildman–Crippen MR) is 163 cm³/mol. The lowest BCUT2D eigenvalue weighted by Crippen LogP contribution is -2.26. The summed E-state index contributed by atoms with van der Waals surface area (Å²) in [5, 5.41) is 0.697. The first-order chi connectivity index (χ1) is 17.5.